The number of nitrogens with zero attached hydrogens (tertiary/aromatic N) is 3. The van der Waals surface area contributed by atoms with Gasteiger partial charge in [-0.1, -0.05) is 38.5 Å². The van der Waals surface area contributed by atoms with Crippen molar-refractivity contribution in [1.29, 1.82) is 0 Å². The summed E-state index contributed by atoms with van der Waals surface area (Å²) >= 11 is 0. The molecule has 0 radical (unpaired) electrons. The van der Waals surface area contributed by atoms with Crippen LogP contribution >= 0.6 is 0 Å². The molecule has 2 aliphatic carbocycles. The number of ketones is 1. The highest BCUT2D eigenvalue weighted by Gasteiger charge is 2.28. The molecule has 188 valence electrons. The van der Waals surface area contributed by atoms with Crippen molar-refractivity contribution in [2.75, 3.05) is 32.7 Å². The van der Waals surface area contributed by atoms with E-state index in [2.05, 4.69) is 4.90 Å². The van der Waals surface area contributed by atoms with Gasteiger partial charge in [-0.15, -0.1) is 0 Å². The van der Waals surface area contributed by atoms with E-state index in [4.69, 9.17) is 5.73 Å². The van der Waals surface area contributed by atoms with E-state index < -0.39 is 5.91 Å². The Balaban J connectivity index is 1.34. The minimum Gasteiger partial charge on any atom is -0.366 e. The summed E-state index contributed by atoms with van der Waals surface area (Å²) in [5.41, 5.74) is 7.48. The van der Waals surface area contributed by atoms with Crippen LogP contribution in [-0.4, -0.2) is 64.7 Å². The summed E-state index contributed by atoms with van der Waals surface area (Å²) in [7, 11) is 0. The highest BCUT2D eigenvalue weighted by atomic mass is 16.2. The Morgan fingerprint density at radius 3 is 2.06 bits per heavy atom. The number of carbonyl (C=O) groups excluding carboxylic acids is 3. The molecule has 0 spiro atoms. The molecule has 1 aromatic rings. The van der Waals surface area contributed by atoms with Gasteiger partial charge in [0.1, 0.15) is 0 Å². The molecule has 34 heavy (non-hydrogen) atoms. The van der Waals surface area contributed by atoms with Crippen LogP contribution < -0.4 is 5.73 Å². The van der Waals surface area contributed by atoms with Crippen molar-refractivity contribution in [3.05, 3.63) is 23.0 Å². The van der Waals surface area contributed by atoms with Gasteiger partial charge < -0.3 is 15.2 Å². The van der Waals surface area contributed by atoms with Crippen LogP contribution in [0, 0.1) is 18.8 Å². The van der Waals surface area contributed by atoms with Gasteiger partial charge in [-0.2, -0.15) is 0 Å². The van der Waals surface area contributed by atoms with Crippen molar-refractivity contribution >= 4 is 17.6 Å². The second-order valence-corrected chi connectivity index (χ2v) is 10.8. The fourth-order valence-electron chi connectivity index (χ4n) is 6.20. The van der Waals surface area contributed by atoms with Gasteiger partial charge in [0.2, 0.25) is 5.91 Å². The van der Waals surface area contributed by atoms with E-state index in [0.29, 0.717) is 62.2 Å². The number of hydrogen-bond acceptors (Lipinski definition) is 4. The number of hydrogen-bond donors (Lipinski definition) is 1. The molecule has 7 nitrogen and oxygen atoms in total. The highest BCUT2D eigenvalue weighted by molar-refractivity contribution is 6.01. The SMILES string of the molecule is Cc1c(C(N)=O)cc(C(=O)CN2CCN(C(=O)CC3CCCCC3)CC2)n1CC1CCCCC1. The Hall–Kier alpha value is -2.15. The molecule has 1 aromatic heterocycles. The molecular formula is C27H42N4O3. The van der Waals surface area contributed by atoms with Crippen molar-refractivity contribution in [3.8, 4) is 0 Å². The third-order valence-corrected chi connectivity index (χ3v) is 8.36. The van der Waals surface area contributed by atoms with Gasteiger partial charge in [0.15, 0.2) is 5.78 Å². The lowest BCUT2D eigenvalue weighted by molar-refractivity contribution is -0.134. The van der Waals surface area contributed by atoms with Crippen LogP contribution in [0.1, 0.15) is 97.2 Å². The standard InChI is InChI=1S/C27H42N4O3/c1-20-23(27(28)34)17-24(31(20)18-22-10-6-3-7-11-22)25(32)19-29-12-14-30(15-13-29)26(33)16-21-8-4-2-5-9-21/h17,21-22H,2-16,18-19H2,1H3,(H2,28,34). The average Bonchev–Trinajstić information content (AvgIpc) is 3.17. The zero-order chi connectivity index (χ0) is 24.1. The smallest absolute Gasteiger partial charge is 0.250 e. The molecule has 0 unspecified atom stereocenters. The molecule has 0 atom stereocenters. The normalized spacial score (nSPS) is 21.0. The number of amides is 2. The predicted octanol–water partition coefficient (Wildman–Crippen LogP) is 3.77. The van der Waals surface area contributed by atoms with Crippen molar-refractivity contribution in [2.45, 2.75) is 84.1 Å². The van der Waals surface area contributed by atoms with Crippen LogP contribution in [0.15, 0.2) is 6.07 Å². The molecule has 3 aliphatic rings. The molecule has 1 aliphatic heterocycles. The van der Waals surface area contributed by atoms with Crippen LogP contribution in [0.25, 0.3) is 0 Å². The number of aromatic nitrogens is 1. The van der Waals surface area contributed by atoms with Crippen molar-refractivity contribution < 1.29 is 14.4 Å². The van der Waals surface area contributed by atoms with E-state index in [-0.39, 0.29) is 11.7 Å². The van der Waals surface area contributed by atoms with E-state index in [1.165, 1.54) is 64.2 Å². The number of carbonyl (C=O) groups is 3. The number of piperazine rings is 1. The largest absolute Gasteiger partial charge is 0.366 e. The fraction of sp³-hybridized carbons (Fsp3) is 0.741. The molecule has 2 N–H and O–H groups in total. The van der Waals surface area contributed by atoms with E-state index in [1.54, 1.807) is 6.07 Å². The van der Waals surface area contributed by atoms with Gasteiger partial charge in [-0.05, 0) is 50.5 Å². The lowest BCUT2D eigenvalue weighted by Crippen LogP contribution is -2.50. The molecule has 2 saturated carbocycles. The molecule has 7 heteroatoms. The summed E-state index contributed by atoms with van der Waals surface area (Å²) in [4.78, 5) is 42.2. The summed E-state index contributed by atoms with van der Waals surface area (Å²) in [5.74, 6) is 0.944. The maximum Gasteiger partial charge on any atom is 0.250 e. The Labute approximate surface area is 204 Å². The first-order valence-corrected chi connectivity index (χ1v) is 13.5. The van der Waals surface area contributed by atoms with Crippen LogP contribution in [0.2, 0.25) is 0 Å². The molecule has 2 amide bonds. The summed E-state index contributed by atoms with van der Waals surface area (Å²) < 4.78 is 2.04. The summed E-state index contributed by atoms with van der Waals surface area (Å²) in [6.45, 7) is 5.80. The molecular weight excluding hydrogens is 428 g/mol. The fourth-order valence-corrected chi connectivity index (χ4v) is 6.20. The first-order chi connectivity index (χ1) is 16.4. The Morgan fingerprint density at radius 1 is 0.882 bits per heavy atom. The van der Waals surface area contributed by atoms with Gasteiger partial charge in [0, 0.05) is 44.8 Å². The van der Waals surface area contributed by atoms with Crippen LogP contribution in [0.5, 0.6) is 0 Å². The third kappa shape index (κ3) is 6.09. The summed E-state index contributed by atoms with van der Waals surface area (Å²) in [6, 6.07) is 1.70. The maximum absolute atomic E-state index is 13.3. The number of rotatable bonds is 8. The molecule has 2 heterocycles. The second kappa shape index (κ2) is 11.5. The molecule has 3 fully saturated rings. The van der Waals surface area contributed by atoms with Gasteiger partial charge in [-0.25, -0.2) is 0 Å². The number of primary amides is 1. The Bertz CT molecular complexity index is 873. The first-order valence-electron chi connectivity index (χ1n) is 13.5. The van der Waals surface area contributed by atoms with Gasteiger partial charge in [-0.3, -0.25) is 19.3 Å². The topological polar surface area (TPSA) is 88.6 Å². The maximum atomic E-state index is 13.3. The Morgan fingerprint density at radius 2 is 1.47 bits per heavy atom. The number of nitrogens with two attached hydrogens (primary N) is 1. The summed E-state index contributed by atoms with van der Waals surface area (Å²) in [5, 5.41) is 0. The molecule has 4 rings (SSSR count). The highest BCUT2D eigenvalue weighted by Crippen LogP contribution is 2.28. The van der Waals surface area contributed by atoms with E-state index in [1.807, 2.05) is 16.4 Å². The van der Waals surface area contributed by atoms with E-state index in [0.717, 1.165) is 12.2 Å². The van der Waals surface area contributed by atoms with Gasteiger partial charge >= 0.3 is 0 Å². The third-order valence-electron chi connectivity index (χ3n) is 8.36. The van der Waals surface area contributed by atoms with Crippen molar-refractivity contribution in [2.24, 2.45) is 17.6 Å². The zero-order valence-electron chi connectivity index (χ0n) is 20.9. The molecule has 0 aromatic carbocycles. The monoisotopic (exact) mass is 470 g/mol. The molecule has 1 saturated heterocycles. The number of Topliss-reactive ketones (excluding diaryl/α,β-unsaturated/α-hetero) is 1. The molecule has 0 bridgehead atoms. The van der Waals surface area contributed by atoms with Crippen molar-refractivity contribution in [1.82, 2.24) is 14.4 Å². The van der Waals surface area contributed by atoms with E-state index >= 15 is 0 Å². The quantitative estimate of drug-likeness (QED) is 0.586. The average molecular weight is 471 g/mol. The van der Waals surface area contributed by atoms with Crippen LogP contribution in [-0.2, 0) is 11.3 Å². The second-order valence-electron chi connectivity index (χ2n) is 10.8. The minimum atomic E-state index is -0.473. The van der Waals surface area contributed by atoms with Crippen LogP contribution in [0.4, 0.5) is 0 Å². The first kappa shape index (κ1) is 25.0. The summed E-state index contributed by atoms with van der Waals surface area (Å²) in [6.07, 6.45) is 13.0. The predicted molar refractivity (Wildman–Crippen MR) is 133 cm³/mol. The Kier molecular flexibility index (Phi) is 8.46. The lowest BCUT2D eigenvalue weighted by Gasteiger charge is -2.35. The van der Waals surface area contributed by atoms with Crippen LogP contribution in [0.3, 0.4) is 0 Å². The zero-order valence-corrected chi connectivity index (χ0v) is 20.9. The van der Waals surface area contributed by atoms with Gasteiger partial charge in [0.25, 0.3) is 5.91 Å². The lowest BCUT2D eigenvalue weighted by atomic mass is 9.86. The van der Waals surface area contributed by atoms with Gasteiger partial charge in [0.05, 0.1) is 17.8 Å². The minimum absolute atomic E-state index is 0.0355. The van der Waals surface area contributed by atoms with Crippen molar-refractivity contribution in [3.63, 3.8) is 0 Å². The van der Waals surface area contributed by atoms with E-state index in [9.17, 15) is 14.4 Å².